The Kier molecular flexibility index (Phi) is 5.81. The molecule has 3 nitrogen and oxygen atoms in total. The van der Waals surface area contributed by atoms with Gasteiger partial charge in [0.05, 0.1) is 6.61 Å². The topological polar surface area (TPSA) is 44.5 Å². The van der Waals surface area contributed by atoms with E-state index >= 15 is 0 Å². The van der Waals surface area contributed by atoms with Crippen molar-refractivity contribution in [1.29, 1.82) is 0 Å². The Bertz CT molecular complexity index is 259. The average molecular weight is 209 g/mol. The van der Waals surface area contributed by atoms with Crippen LogP contribution < -0.4 is 5.73 Å². The number of nitrogen functional groups attached to an aromatic ring is 1. The summed E-state index contributed by atoms with van der Waals surface area (Å²) in [5, 5.41) is 0. The minimum atomic E-state index is 0.758. The lowest BCUT2D eigenvalue weighted by Gasteiger charge is -2.04. The number of hydrogen-bond donors (Lipinski definition) is 1. The zero-order chi connectivity index (χ0) is 10.9. The number of nitrogens with two attached hydrogens (primary N) is 1. The van der Waals surface area contributed by atoms with Crippen LogP contribution in [0.3, 0.4) is 0 Å². The summed E-state index contributed by atoms with van der Waals surface area (Å²) in [6.45, 7) is 2.29. The minimum absolute atomic E-state index is 0.758. The first kappa shape index (κ1) is 12.0. The number of anilines is 1. The summed E-state index contributed by atoms with van der Waals surface area (Å²) in [4.78, 5) is 0. The highest BCUT2D eigenvalue weighted by molar-refractivity contribution is 5.39. The molecule has 0 aliphatic heterocycles. The molecule has 0 aliphatic carbocycles. The molecule has 1 aromatic rings. The third-order valence-electron chi connectivity index (χ3n) is 2.15. The van der Waals surface area contributed by atoms with Gasteiger partial charge < -0.3 is 15.2 Å². The molecule has 0 amide bonds. The van der Waals surface area contributed by atoms with Crippen molar-refractivity contribution in [2.75, 3.05) is 32.7 Å². The van der Waals surface area contributed by atoms with E-state index < -0.39 is 0 Å². The van der Waals surface area contributed by atoms with Crippen LogP contribution in [-0.2, 0) is 15.9 Å². The van der Waals surface area contributed by atoms with E-state index in [2.05, 4.69) is 0 Å². The van der Waals surface area contributed by atoms with Crippen LogP contribution in [0.15, 0.2) is 24.3 Å². The van der Waals surface area contributed by atoms with Gasteiger partial charge in [-0.1, -0.05) is 12.1 Å². The Balaban J connectivity index is 2.07. The van der Waals surface area contributed by atoms with Crippen LogP contribution in [0.2, 0.25) is 0 Å². The van der Waals surface area contributed by atoms with Gasteiger partial charge in [0.2, 0.25) is 0 Å². The third kappa shape index (κ3) is 5.40. The summed E-state index contributed by atoms with van der Waals surface area (Å²) in [6.07, 6.45) is 1.89. The van der Waals surface area contributed by atoms with Crippen LogP contribution in [0, 0.1) is 0 Å². The lowest BCUT2D eigenvalue weighted by molar-refractivity contribution is 0.105. The van der Waals surface area contributed by atoms with Crippen molar-refractivity contribution in [3.63, 3.8) is 0 Å². The molecule has 0 radical (unpaired) electrons. The van der Waals surface area contributed by atoms with Crippen LogP contribution >= 0.6 is 0 Å². The third-order valence-corrected chi connectivity index (χ3v) is 2.15. The Morgan fingerprint density at radius 2 is 1.80 bits per heavy atom. The van der Waals surface area contributed by atoms with Gasteiger partial charge >= 0.3 is 0 Å². The Morgan fingerprint density at radius 1 is 1.07 bits per heavy atom. The molecule has 0 unspecified atom stereocenters. The lowest BCUT2D eigenvalue weighted by atomic mass is 10.1. The number of benzene rings is 1. The number of rotatable bonds is 7. The minimum Gasteiger partial charge on any atom is -0.399 e. The quantitative estimate of drug-likeness (QED) is 0.550. The molecular formula is C12H19NO2. The zero-order valence-corrected chi connectivity index (χ0v) is 9.24. The maximum atomic E-state index is 5.59. The summed E-state index contributed by atoms with van der Waals surface area (Å²) in [7, 11) is 1.70. The molecule has 1 rings (SSSR count). The van der Waals surface area contributed by atoms with Crippen LogP contribution in [0.25, 0.3) is 0 Å². The van der Waals surface area contributed by atoms with Crippen LogP contribution in [0.5, 0.6) is 0 Å². The average Bonchev–Trinajstić information content (AvgIpc) is 2.26. The highest BCUT2D eigenvalue weighted by atomic mass is 16.5. The molecule has 0 heterocycles. The van der Waals surface area contributed by atoms with Gasteiger partial charge in [-0.25, -0.2) is 0 Å². The SMILES string of the molecule is COCCCOCCc1ccc(N)cc1. The number of hydrogen-bond acceptors (Lipinski definition) is 3. The number of ether oxygens (including phenoxy) is 2. The van der Waals surface area contributed by atoms with Gasteiger partial charge in [-0.2, -0.15) is 0 Å². The molecular weight excluding hydrogens is 190 g/mol. The molecule has 3 heteroatoms. The first-order valence-electron chi connectivity index (χ1n) is 5.24. The smallest absolute Gasteiger partial charge is 0.0506 e. The first-order valence-corrected chi connectivity index (χ1v) is 5.24. The summed E-state index contributed by atoms with van der Waals surface area (Å²) in [5.41, 5.74) is 7.66. The molecule has 0 fully saturated rings. The second-order valence-corrected chi connectivity index (χ2v) is 3.45. The van der Waals surface area contributed by atoms with E-state index in [0.717, 1.165) is 38.3 Å². The Hall–Kier alpha value is -1.06. The van der Waals surface area contributed by atoms with Gasteiger partial charge in [-0.15, -0.1) is 0 Å². The van der Waals surface area contributed by atoms with E-state index in [9.17, 15) is 0 Å². The molecule has 0 bridgehead atoms. The fourth-order valence-electron chi connectivity index (χ4n) is 1.28. The maximum Gasteiger partial charge on any atom is 0.0506 e. The van der Waals surface area contributed by atoms with Gasteiger partial charge in [0.1, 0.15) is 0 Å². The van der Waals surface area contributed by atoms with E-state index in [1.807, 2.05) is 24.3 Å². The summed E-state index contributed by atoms with van der Waals surface area (Å²) >= 11 is 0. The van der Waals surface area contributed by atoms with E-state index in [0.29, 0.717) is 0 Å². The van der Waals surface area contributed by atoms with E-state index in [4.69, 9.17) is 15.2 Å². The predicted octanol–water partition coefficient (Wildman–Crippen LogP) is 1.86. The van der Waals surface area contributed by atoms with Crippen LogP contribution in [0.4, 0.5) is 5.69 Å². The van der Waals surface area contributed by atoms with Crippen molar-refractivity contribution in [2.45, 2.75) is 12.8 Å². The van der Waals surface area contributed by atoms with Crippen molar-refractivity contribution >= 4 is 5.69 Å². The molecule has 2 N–H and O–H groups in total. The van der Waals surface area contributed by atoms with Gasteiger partial charge in [-0.3, -0.25) is 0 Å². The molecule has 0 saturated heterocycles. The van der Waals surface area contributed by atoms with Gasteiger partial charge in [0.25, 0.3) is 0 Å². The Morgan fingerprint density at radius 3 is 2.47 bits per heavy atom. The molecule has 1 aromatic carbocycles. The highest BCUT2D eigenvalue weighted by Crippen LogP contribution is 2.05. The van der Waals surface area contributed by atoms with Crippen molar-refractivity contribution < 1.29 is 9.47 Å². The molecule has 0 atom stereocenters. The van der Waals surface area contributed by atoms with Crippen LogP contribution in [0.1, 0.15) is 12.0 Å². The molecule has 0 aromatic heterocycles. The van der Waals surface area contributed by atoms with Crippen LogP contribution in [-0.4, -0.2) is 26.9 Å². The second kappa shape index (κ2) is 7.26. The van der Waals surface area contributed by atoms with Crippen molar-refractivity contribution in [2.24, 2.45) is 0 Å². The van der Waals surface area contributed by atoms with Gasteiger partial charge in [0.15, 0.2) is 0 Å². The lowest BCUT2D eigenvalue weighted by Crippen LogP contribution is -2.02. The molecule has 15 heavy (non-hydrogen) atoms. The summed E-state index contributed by atoms with van der Waals surface area (Å²) in [6, 6.07) is 7.90. The summed E-state index contributed by atoms with van der Waals surface area (Å²) in [5.74, 6) is 0. The Labute approximate surface area is 91.2 Å². The largest absolute Gasteiger partial charge is 0.399 e. The number of methoxy groups -OCH3 is 1. The monoisotopic (exact) mass is 209 g/mol. The molecule has 0 spiro atoms. The second-order valence-electron chi connectivity index (χ2n) is 3.45. The maximum absolute atomic E-state index is 5.59. The highest BCUT2D eigenvalue weighted by Gasteiger charge is 1.93. The zero-order valence-electron chi connectivity index (χ0n) is 9.24. The van der Waals surface area contributed by atoms with E-state index in [1.165, 1.54) is 5.56 Å². The van der Waals surface area contributed by atoms with Crippen molar-refractivity contribution in [3.05, 3.63) is 29.8 Å². The van der Waals surface area contributed by atoms with E-state index in [1.54, 1.807) is 7.11 Å². The van der Waals surface area contributed by atoms with E-state index in [-0.39, 0.29) is 0 Å². The first-order chi connectivity index (χ1) is 7.33. The molecule has 0 aliphatic rings. The normalized spacial score (nSPS) is 10.5. The van der Waals surface area contributed by atoms with Gasteiger partial charge in [0, 0.05) is 26.0 Å². The van der Waals surface area contributed by atoms with Gasteiger partial charge in [-0.05, 0) is 30.5 Å². The predicted molar refractivity (Wildman–Crippen MR) is 61.9 cm³/mol. The fraction of sp³-hybridized carbons (Fsp3) is 0.500. The standard InChI is InChI=1S/C12H19NO2/c1-14-8-2-9-15-10-7-11-3-5-12(13)6-4-11/h3-6H,2,7-10,13H2,1H3. The molecule has 0 saturated carbocycles. The van der Waals surface area contributed by atoms with Crippen molar-refractivity contribution in [3.8, 4) is 0 Å². The summed E-state index contributed by atoms with van der Waals surface area (Å²) < 4.78 is 10.4. The molecule has 84 valence electrons. The fourth-order valence-corrected chi connectivity index (χ4v) is 1.28. The van der Waals surface area contributed by atoms with Crippen molar-refractivity contribution in [1.82, 2.24) is 0 Å².